The van der Waals surface area contributed by atoms with Crippen molar-refractivity contribution in [2.75, 3.05) is 0 Å². The molecule has 0 radical (unpaired) electrons. The van der Waals surface area contributed by atoms with Crippen molar-refractivity contribution in [3.05, 3.63) is 11.8 Å². The van der Waals surface area contributed by atoms with E-state index in [1.165, 1.54) is 0 Å². The molecule has 0 saturated heterocycles. The first-order valence-electron chi connectivity index (χ1n) is 4.22. The first-order valence-corrected chi connectivity index (χ1v) is 4.22. The fraction of sp³-hybridized carbons (Fsp3) is 0.625. The lowest BCUT2D eigenvalue weighted by molar-refractivity contribution is -0.171. The number of amides is 1. The quantitative estimate of drug-likeness (QED) is 0.646. The first-order chi connectivity index (χ1) is 6.48. The lowest BCUT2D eigenvalue weighted by atomic mass is 10.0. The number of carbonyl (C=O) groups is 1. The molecule has 1 fully saturated rings. The minimum absolute atomic E-state index is 0.0803. The second kappa shape index (κ2) is 2.90. The molecule has 0 spiro atoms. The molecule has 6 heteroatoms. The van der Waals surface area contributed by atoms with Gasteiger partial charge in [-0.25, -0.2) is 0 Å². The van der Waals surface area contributed by atoms with Crippen molar-refractivity contribution in [2.24, 2.45) is 22.1 Å². The standard InChI is InChI=1S/C8H7F3N2O/c9-8(10,11)5-3-6(4-1-2-4)12-13-7(5)14/h3-5H,1-2H2. The Labute approximate surface area is 77.7 Å². The van der Waals surface area contributed by atoms with Gasteiger partial charge in [-0.2, -0.15) is 18.3 Å². The highest BCUT2D eigenvalue weighted by atomic mass is 19.4. The molecule has 3 nitrogen and oxygen atoms in total. The smallest absolute Gasteiger partial charge is 0.270 e. The number of rotatable bonds is 1. The molecule has 1 atom stereocenters. The largest absolute Gasteiger partial charge is 0.404 e. The average molecular weight is 204 g/mol. The highest BCUT2D eigenvalue weighted by Gasteiger charge is 2.46. The van der Waals surface area contributed by atoms with Crippen LogP contribution in [-0.4, -0.2) is 12.1 Å². The maximum atomic E-state index is 12.3. The molecule has 1 aliphatic carbocycles. The van der Waals surface area contributed by atoms with Gasteiger partial charge in [-0.1, -0.05) is 0 Å². The number of alkyl halides is 3. The third-order valence-electron chi connectivity index (χ3n) is 2.22. The molecule has 0 aromatic carbocycles. The van der Waals surface area contributed by atoms with Crippen LogP contribution < -0.4 is 0 Å². The Kier molecular flexibility index (Phi) is 1.94. The molecule has 0 aromatic rings. The Balaban J connectivity index is 2.23. The first kappa shape index (κ1) is 9.36. The van der Waals surface area contributed by atoms with E-state index in [0.29, 0.717) is 5.70 Å². The average Bonchev–Trinajstić information content (AvgIpc) is 2.85. The van der Waals surface area contributed by atoms with Gasteiger partial charge in [-0.15, -0.1) is 5.11 Å². The van der Waals surface area contributed by atoms with Crippen LogP contribution in [0.4, 0.5) is 13.2 Å². The van der Waals surface area contributed by atoms with E-state index in [1.807, 2.05) is 0 Å². The number of hydrogen-bond donors (Lipinski definition) is 0. The van der Waals surface area contributed by atoms with Crippen LogP contribution in [0.2, 0.25) is 0 Å². The van der Waals surface area contributed by atoms with Crippen molar-refractivity contribution < 1.29 is 18.0 Å². The van der Waals surface area contributed by atoms with Crippen LogP contribution in [0.25, 0.3) is 0 Å². The summed E-state index contributed by atoms with van der Waals surface area (Å²) in [7, 11) is 0. The number of halogens is 3. The monoisotopic (exact) mass is 204 g/mol. The summed E-state index contributed by atoms with van der Waals surface area (Å²) in [4.78, 5) is 10.8. The summed E-state index contributed by atoms with van der Waals surface area (Å²) in [5.74, 6) is -3.23. The zero-order valence-corrected chi connectivity index (χ0v) is 7.08. The van der Waals surface area contributed by atoms with Crippen LogP contribution in [0.5, 0.6) is 0 Å². The molecule has 1 unspecified atom stereocenters. The summed E-state index contributed by atoms with van der Waals surface area (Å²) in [6.07, 6.45) is -1.98. The van der Waals surface area contributed by atoms with Crippen LogP contribution in [0.15, 0.2) is 22.0 Å². The molecule has 1 heterocycles. The zero-order valence-electron chi connectivity index (χ0n) is 7.08. The topological polar surface area (TPSA) is 41.8 Å². The van der Waals surface area contributed by atoms with Crippen LogP contribution in [0.3, 0.4) is 0 Å². The van der Waals surface area contributed by atoms with E-state index in [2.05, 4.69) is 10.2 Å². The molecule has 2 rings (SSSR count). The van der Waals surface area contributed by atoms with Gasteiger partial charge in [-0.05, 0) is 18.9 Å². The fourth-order valence-electron chi connectivity index (χ4n) is 1.28. The Morgan fingerprint density at radius 3 is 2.43 bits per heavy atom. The van der Waals surface area contributed by atoms with Gasteiger partial charge >= 0.3 is 6.18 Å². The molecule has 2 aliphatic rings. The Morgan fingerprint density at radius 2 is 1.93 bits per heavy atom. The summed E-state index contributed by atoms with van der Waals surface area (Å²) < 4.78 is 36.8. The van der Waals surface area contributed by atoms with Crippen molar-refractivity contribution in [2.45, 2.75) is 19.0 Å². The minimum atomic E-state index is -4.54. The van der Waals surface area contributed by atoms with Crippen LogP contribution in [0.1, 0.15) is 12.8 Å². The summed E-state index contributed by atoms with van der Waals surface area (Å²) in [6.45, 7) is 0. The lowest BCUT2D eigenvalue weighted by Crippen LogP contribution is -2.29. The molecule has 0 bridgehead atoms. The maximum Gasteiger partial charge on any atom is 0.404 e. The van der Waals surface area contributed by atoms with E-state index >= 15 is 0 Å². The third-order valence-corrected chi connectivity index (χ3v) is 2.22. The van der Waals surface area contributed by atoms with Gasteiger partial charge in [0, 0.05) is 5.92 Å². The van der Waals surface area contributed by atoms with Crippen molar-refractivity contribution >= 4 is 5.91 Å². The van der Waals surface area contributed by atoms with Crippen molar-refractivity contribution in [3.63, 3.8) is 0 Å². The van der Waals surface area contributed by atoms with E-state index < -0.39 is 18.0 Å². The molecular formula is C8H7F3N2O. The SMILES string of the molecule is O=C1N=NC(C2CC2)=CC1C(F)(F)F. The predicted octanol–water partition coefficient (Wildman–Crippen LogP) is 2.45. The van der Waals surface area contributed by atoms with E-state index in [4.69, 9.17) is 0 Å². The van der Waals surface area contributed by atoms with Crippen LogP contribution >= 0.6 is 0 Å². The molecule has 0 aromatic heterocycles. The number of hydrogen-bond acceptors (Lipinski definition) is 2. The highest BCUT2D eigenvalue weighted by Crippen LogP contribution is 2.41. The number of carbonyl (C=O) groups excluding carboxylic acids is 1. The van der Waals surface area contributed by atoms with Crippen molar-refractivity contribution in [1.82, 2.24) is 0 Å². The van der Waals surface area contributed by atoms with E-state index in [1.54, 1.807) is 0 Å². The van der Waals surface area contributed by atoms with Gasteiger partial charge in [0.05, 0.1) is 5.70 Å². The number of nitrogens with zero attached hydrogens (tertiary/aromatic N) is 2. The Morgan fingerprint density at radius 1 is 1.29 bits per heavy atom. The molecular weight excluding hydrogens is 197 g/mol. The summed E-state index contributed by atoms with van der Waals surface area (Å²) in [5, 5.41) is 6.49. The maximum absolute atomic E-state index is 12.3. The van der Waals surface area contributed by atoms with E-state index in [0.717, 1.165) is 18.9 Å². The zero-order chi connectivity index (χ0) is 10.3. The normalized spacial score (nSPS) is 27.8. The lowest BCUT2D eigenvalue weighted by Gasteiger charge is -2.16. The fourth-order valence-corrected chi connectivity index (χ4v) is 1.28. The minimum Gasteiger partial charge on any atom is -0.270 e. The van der Waals surface area contributed by atoms with Gasteiger partial charge in [0.15, 0.2) is 5.92 Å². The molecule has 0 N–H and O–H groups in total. The van der Waals surface area contributed by atoms with Gasteiger partial charge in [0.2, 0.25) is 0 Å². The molecule has 76 valence electrons. The second-order valence-electron chi connectivity index (χ2n) is 3.42. The number of allylic oxidation sites excluding steroid dienone is 1. The van der Waals surface area contributed by atoms with E-state index in [-0.39, 0.29) is 5.92 Å². The predicted molar refractivity (Wildman–Crippen MR) is 40.2 cm³/mol. The van der Waals surface area contributed by atoms with Gasteiger partial charge in [0.1, 0.15) is 0 Å². The van der Waals surface area contributed by atoms with Crippen molar-refractivity contribution in [1.29, 1.82) is 0 Å². The van der Waals surface area contributed by atoms with Crippen LogP contribution in [0, 0.1) is 11.8 Å². The van der Waals surface area contributed by atoms with E-state index in [9.17, 15) is 18.0 Å². The van der Waals surface area contributed by atoms with Crippen molar-refractivity contribution in [3.8, 4) is 0 Å². The second-order valence-corrected chi connectivity index (χ2v) is 3.42. The Hall–Kier alpha value is -1.20. The summed E-state index contributed by atoms with van der Waals surface area (Å²) in [6, 6.07) is 0. The number of azo groups is 1. The van der Waals surface area contributed by atoms with Crippen LogP contribution in [-0.2, 0) is 4.79 Å². The molecule has 1 saturated carbocycles. The summed E-state index contributed by atoms with van der Waals surface area (Å²) >= 11 is 0. The highest BCUT2D eigenvalue weighted by molar-refractivity contribution is 5.82. The van der Waals surface area contributed by atoms with Gasteiger partial charge < -0.3 is 0 Å². The molecule has 14 heavy (non-hydrogen) atoms. The van der Waals surface area contributed by atoms with Gasteiger partial charge in [0.25, 0.3) is 5.91 Å². The molecule has 1 aliphatic heterocycles. The third kappa shape index (κ3) is 1.69. The molecule has 1 amide bonds. The summed E-state index contributed by atoms with van der Waals surface area (Å²) in [5.41, 5.74) is 0.312. The van der Waals surface area contributed by atoms with Gasteiger partial charge in [-0.3, -0.25) is 4.79 Å². The Bertz CT molecular complexity index is 328.